The average molecular weight is 419 g/mol. The van der Waals surface area contributed by atoms with Crippen molar-refractivity contribution in [3.8, 4) is 11.5 Å². The van der Waals surface area contributed by atoms with E-state index in [9.17, 15) is 22.4 Å². The molecular weight excluding hydrogens is 402 g/mol. The van der Waals surface area contributed by atoms with Crippen molar-refractivity contribution >= 4 is 11.7 Å². The Hall–Kier alpha value is -3.62. The first-order valence-electron chi connectivity index (χ1n) is 8.78. The molecule has 0 atom stereocenters. The molecule has 1 heterocycles. The third-order valence-electron chi connectivity index (χ3n) is 4.17. The summed E-state index contributed by atoms with van der Waals surface area (Å²) in [5.74, 6) is -1.41. The number of anilines is 1. The molecule has 1 amide bonds. The van der Waals surface area contributed by atoms with E-state index in [0.29, 0.717) is 23.6 Å². The van der Waals surface area contributed by atoms with E-state index in [1.165, 1.54) is 0 Å². The SMILES string of the molecule is Cc1ccc(C(=O)NCc2ccc(Oc3ccc(C(F)(F)F)c(F)c3)cc2)c(N)n1. The van der Waals surface area contributed by atoms with Crippen molar-refractivity contribution in [2.24, 2.45) is 0 Å². The molecule has 0 bridgehead atoms. The third kappa shape index (κ3) is 5.05. The summed E-state index contributed by atoms with van der Waals surface area (Å²) >= 11 is 0. The Bertz CT molecular complexity index is 1070. The van der Waals surface area contributed by atoms with Crippen LogP contribution in [-0.4, -0.2) is 10.9 Å². The number of aromatic nitrogens is 1. The second kappa shape index (κ2) is 8.40. The van der Waals surface area contributed by atoms with Gasteiger partial charge in [-0.25, -0.2) is 9.37 Å². The number of amides is 1. The van der Waals surface area contributed by atoms with Crippen LogP contribution in [0.4, 0.5) is 23.4 Å². The molecule has 0 spiro atoms. The minimum atomic E-state index is -4.77. The Kier molecular flexibility index (Phi) is 5.91. The van der Waals surface area contributed by atoms with Gasteiger partial charge in [-0.2, -0.15) is 13.2 Å². The molecule has 5 nitrogen and oxygen atoms in total. The van der Waals surface area contributed by atoms with Gasteiger partial charge >= 0.3 is 6.18 Å². The number of nitrogen functional groups attached to an aromatic ring is 1. The van der Waals surface area contributed by atoms with Crippen molar-refractivity contribution in [2.45, 2.75) is 19.6 Å². The number of alkyl halides is 3. The lowest BCUT2D eigenvalue weighted by molar-refractivity contribution is -0.140. The van der Waals surface area contributed by atoms with E-state index in [4.69, 9.17) is 10.5 Å². The molecule has 0 aliphatic rings. The number of benzene rings is 2. The molecule has 30 heavy (non-hydrogen) atoms. The molecule has 0 unspecified atom stereocenters. The van der Waals surface area contributed by atoms with E-state index in [-0.39, 0.29) is 29.6 Å². The highest BCUT2D eigenvalue weighted by atomic mass is 19.4. The Balaban J connectivity index is 1.61. The van der Waals surface area contributed by atoms with Gasteiger partial charge in [0.2, 0.25) is 0 Å². The molecule has 0 saturated heterocycles. The fourth-order valence-corrected chi connectivity index (χ4v) is 2.65. The Morgan fingerprint density at radius 1 is 1.07 bits per heavy atom. The number of aryl methyl sites for hydroxylation is 1. The number of carbonyl (C=O) groups excluding carboxylic acids is 1. The first-order valence-corrected chi connectivity index (χ1v) is 8.78. The van der Waals surface area contributed by atoms with Crippen molar-refractivity contribution in [3.63, 3.8) is 0 Å². The smallest absolute Gasteiger partial charge is 0.419 e. The summed E-state index contributed by atoms with van der Waals surface area (Å²) in [5, 5.41) is 2.72. The molecule has 1 aromatic heterocycles. The van der Waals surface area contributed by atoms with Gasteiger partial charge in [0, 0.05) is 18.3 Å². The zero-order chi connectivity index (χ0) is 21.9. The molecule has 2 aromatic carbocycles. The zero-order valence-corrected chi connectivity index (χ0v) is 15.8. The largest absolute Gasteiger partial charge is 0.457 e. The molecule has 3 rings (SSSR count). The molecule has 0 saturated carbocycles. The van der Waals surface area contributed by atoms with E-state index < -0.39 is 17.6 Å². The molecule has 0 radical (unpaired) electrons. The van der Waals surface area contributed by atoms with Crippen LogP contribution in [0.2, 0.25) is 0 Å². The van der Waals surface area contributed by atoms with Crippen molar-refractivity contribution < 1.29 is 27.1 Å². The lowest BCUT2D eigenvalue weighted by Gasteiger charge is -2.11. The molecule has 156 valence electrons. The zero-order valence-electron chi connectivity index (χ0n) is 15.8. The van der Waals surface area contributed by atoms with Crippen LogP contribution < -0.4 is 15.8 Å². The molecule has 9 heteroatoms. The fraction of sp³-hybridized carbons (Fsp3) is 0.143. The van der Waals surface area contributed by atoms with Gasteiger partial charge in [0.05, 0.1) is 11.1 Å². The predicted octanol–water partition coefficient (Wildman–Crippen LogP) is 4.85. The Labute approximate surface area is 169 Å². The quantitative estimate of drug-likeness (QED) is 0.580. The van der Waals surface area contributed by atoms with Crippen LogP contribution in [0.25, 0.3) is 0 Å². The standard InChI is InChI=1S/C21H17F4N3O2/c1-12-2-8-16(19(26)28-12)20(29)27-11-13-3-5-14(6-4-13)30-15-7-9-17(18(22)10-15)21(23,24)25/h2-10H,11H2,1H3,(H2,26,28)(H,27,29). The van der Waals surface area contributed by atoms with E-state index in [2.05, 4.69) is 10.3 Å². The fourth-order valence-electron chi connectivity index (χ4n) is 2.65. The molecule has 3 N–H and O–H groups in total. The summed E-state index contributed by atoms with van der Waals surface area (Å²) in [6.07, 6.45) is -4.77. The topological polar surface area (TPSA) is 77.2 Å². The number of hydrogen-bond acceptors (Lipinski definition) is 4. The minimum Gasteiger partial charge on any atom is -0.457 e. The Morgan fingerprint density at radius 2 is 1.73 bits per heavy atom. The summed E-state index contributed by atoms with van der Waals surface area (Å²) in [5.41, 5.74) is 6.11. The molecule has 0 aliphatic carbocycles. The van der Waals surface area contributed by atoms with Crippen LogP contribution in [0.15, 0.2) is 54.6 Å². The minimum absolute atomic E-state index is 0.0658. The lowest BCUT2D eigenvalue weighted by atomic mass is 10.2. The molecule has 0 fully saturated rings. The second-order valence-electron chi connectivity index (χ2n) is 6.45. The monoisotopic (exact) mass is 419 g/mol. The van der Waals surface area contributed by atoms with Crippen molar-refractivity contribution in [3.05, 3.63) is 82.8 Å². The van der Waals surface area contributed by atoms with E-state index >= 15 is 0 Å². The van der Waals surface area contributed by atoms with Gasteiger partial charge in [-0.1, -0.05) is 12.1 Å². The van der Waals surface area contributed by atoms with E-state index in [1.54, 1.807) is 43.3 Å². The number of carbonyl (C=O) groups is 1. The van der Waals surface area contributed by atoms with Gasteiger partial charge in [-0.15, -0.1) is 0 Å². The molecule has 3 aromatic rings. The predicted molar refractivity (Wildman–Crippen MR) is 102 cm³/mol. The second-order valence-corrected chi connectivity index (χ2v) is 6.45. The number of nitrogens with one attached hydrogen (secondary N) is 1. The van der Waals surface area contributed by atoms with Gasteiger partial charge in [0.15, 0.2) is 0 Å². The van der Waals surface area contributed by atoms with Crippen molar-refractivity contribution in [1.82, 2.24) is 10.3 Å². The number of nitrogens with two attached hydrogens (primary N) is 1. The number of hydrogen-bond donors (Lipinski definition) is 2. The van der Waals surface area contributed by atoms with Gasteiger partial charge in [-0.3, -0.25) is 4.79 Å². The first-order chi connectivity index (χ1) is 14.1. The number of rotatable bonds is 5. The Morgan fingerprint density at radius 3 is 2.33 bits per heavy atom. The van der Waals surface area contributed by atoms with Gasteiger partial charge in [0.25, 0.3) is 5.91 Å². The van der Waals surface area contributed by atoms with E-state index in [0.717, 1.165) is 11.6 Å². The lowest BCUT2D eigenvalue weighted by Crippen LogP contribution is -2.24. The highest BCUT2D eigenvalue weighted by Crippen LogP contribution is 2.33. The van der Waals surface area contributed by atoms with Crippen LogP contribution >= 0.6 is 0 Å². The van der Waals surface area contributed by atoms with Crippen LogP contribution in [0.5, 0.6) is 11.5 Å². The van der Waals surface area contributed by atoms with Crippen molar-refractivity contribution in [2.75, 3.05) is 5.73 Å². The normalized spacial score (nSPS) is 11.2. The molecular formula is C21H17F4N3O2. The molecule has 0 aliphatic heterocycles. The average Bonchev–Trinajstić information content (AvgIpc) is 2.66. The maximum absolute atomic E-state index is 13.6. The summed E-state index contributed by atoms with van der Waals surface area (Å²) < 4.78 is 56.8. The van der Waals surface area contributed by atoms with Crippen LogP contribution in [0, 0.1) is 12.7 Å². The highest BCUT2D eigenvalue weighted by molar-refractivity contribution is 5.98. The summed E-state index contributed by atoms with van der Waals surface area (Å²) in [6.45, 7) is 1.97. The van der Waals surface area contributed by atoms with Gasteiger partial charge < -0.3 is 15.8 Å². The van der Waals surface area contributed by atoms with Gasteiger partial charge in [0.1, 0.15) is 23.1 Å². The number of pyridine rings is 1. The van der Waals surface area contributed by atoms with Crippen LogP contribution in [-0.2, 0) is 12.7 Å². The van der Waals surface area contributed by atoms with Gasteiger partial charge in [-0.05, 0) is 48.9 Å². The highest BCUT2D eigenvalue weighted by Gasteiger charge is 2.34. The maximum atomic E-state index is 13.6. The number of nitrogens with zero attached hydrogens (tertiary/aromatic N) is 1. The number of ether oxygens (including phenoxy) is 1. The van der Waals surface area contributed by atoms with E-state index in [1.807, 2.05) is 0 Å². The summed E-state index contributed by atoms with van der Waals surface area (Å²) in [4.78, 5) is 16.3. The maximum Gasteiger partial charge on any atom is 0.419 e. The van der Waals surface area contributed by atoms with Crippen LogP contribution in [0.3, 0.4) is 0 Å². The third-order valence-corrected chi connectivity index (χ3v) is 4.17. The summed E-state index contributed by atoms with van der Waals surface area (Å²) in [6, 6.07) is 12.0. The number of halogens is 4. The van der Waals surface area contributed by atoms with Crippen LogP contribution in [0.1, 0.15) is 27.2 Å². The van der Waals surface area contributed by atoms with Crippen molar-refractivity contribution in [1.29, 1.82) is 0 Å². The first kappa shape index (κ1) is 21.1. The summed E-state index contributed by atoms with van der Waals surface area (Å²) in [7, 11) is 0.